The Morgan fingerprint density at radius 2 is 1.71 bits per heavy atom. The highest BCUT2D eigenvalue weighted by Crippen LogP contribution is 2.34. The minimum atomic E-state index is 0.643. The summed E-state index contributed by atoms with van der Waals surface area (Å²) in [6.07, 6.45) is 3.29. The minimum Gasteiger partial charge on any atom is -0.340 e. The maximum absolute atomic E-state index is 6.16. The van der Waals surface area contributed by atoms with Gasteiger partial charge in [-0.2, -0.15) is 5.10 Å². The monoisotopic (exact) mass is 494 g/mol. The molecule has 3 aromatic heterocycles. The number of anilines is 2. The van der Waals surface area contributed by atoms with Crippen molar-refractivity contribution in [2.75, 3.05) is 5.32 Å². The van der Waals surface area contributed by atoms with E-state index in [0.29, 0.717) is 16.5 Å². The average Bonchev–Trinajstić information content (AvgIpc) is 3.50. The zero-order valence-electron chi connectivity index (χ0n) is 18.7. The van der Waals surface area contributed by atoms with Crippen molar-refractivity contribution in [3.05, 3.63) is 101 Å². The lowest BCUT2D eigenvalue weighted by atomic mass is 10.1. The predicted molar refractivity (Wildman–Crippen MR) is 143 cm³/mol. The molecule has 0 fully saturated rings. The summed E-state index contributed by atoms with van der Waals surface area (Å²) < 4.78 is 1.76. The van der Waals surface area contributed by atoms with Gasteiger partial charge in [0.15, 0.2) is 5.65 Å². The molecule has 0 amide bonds. The molecule has 6 nitrogen and oxygen atoms in total. The molecule has 0 aliphatic carbocycles. The fourth-order valence-electron chi connectivity index (χ4n) is 3.96. The number of benzene rings is 3. The molecule has 8 heteroatoms. The van der Waals surface area contributed by atoms with Crippen LogP contribution in [-0.2, 0) is 0 Å². The standard InChI is InChI=1S/C27H19ClN6S/c1-17-24(33-27(35-17)19-6-3-2-4-7-19)18-10-12-21(13-11-18)32-25-23-15-31-34(26(23)30-16-29-25)22-9-5-8-20(28)14-22/h2-16H,1H3,(H,29,30,32). The molecule has 35 heavy (non-hydrogen) atoms. The topological polar surface area (TPSA) is 68.5 Å². The fraction of sp³-hybridized carbons (Fsp3) is 0.0370. The highest BCUT2D eigenvalue weighted by molar-refractivity contribution is 7.15. The van der Waals surface area contributed by atoms with E-state index < -0.39 is 0 Å². The van der Waals surface area contributed by atoms with Gasteiger partial charge >= 0.3 is 0 Å². The van der Waals surface area contributed by atoms with Crippen molar-refractivity contribution in [3.8, 4) is 27.5 Å². The van der Waals surface area contributed by atoms with E-state index in [1.54, 1.807) is 22.2 Å². The van der Waals surface area contributed by atoms with Crippen molar-refractivity contribution in [2.24, 2.45) is 0 Å². The van der Waals surface area contributed by atoms with E-state index in [9.17, 15) is 0 Å². The molecule has 0 spiro atoms. The number of hydrogen-bond acceptors (Lipinski definition) is 6. The molecular formula is C27H19ClN6S. The summed E-state index contributed by atoms with van der Waals surface area (Å²) in [6, 6.07) is 26.0. The average molecular weight is 495 g/mol. The molecule has 0 unspecified atom stereocenters. The van der Waals surface area contributed by atoms with Crippen LogP contribution in [0, 0.1) is 6.92 Å². The van der Waals surface area contributed by atoms with Crippen LogP contribution in [0.2, 0.25) is 5.02 Å². The van der Waals surface area contributed by atoms with E-state index in [1.165, 1.54) is 11.2 Å². The molecule has 1 N–H and O–H groups in total. The van der Waals surface area contributed by atoms with Crippen molar-refractivity contribution in [1.29, 1.82) is 0 Å². The summed E-state index contributed by atoms with van der Waals surface area (Å²) in [5.74, 6) is 0.687. The molecule has 0 aliphatic heterocycles. The van der Waals surface area contributed by atoms with E-state index in [1.807, 2.05) is 54.6 Å². The second-order valence-corrected chi connectivity index (χ2v) is 9.63. The van der Waals surface area contributed by atoms with Gasteiger partial charge in [0.05, 0.1) is 23.0 Å². The van der Waals surface area contributed by atoms with Crippen molar-refractivity contribution < 1.29 is 0 Å². The van der Waals surface area contributed by atoms with Crippen LogP contribution in [0.25, 0.3) is 38.5 Å². The third kappa shape index (κ3) is 4.16. The Labute approximate surface area is 210 Å². The third-order valence-corrected chi connectivity index (χ3v) is 6.91. The maximum Gasteiger partial charge on any atom is 0.168 e. The number of nitrogens with zero attached hydrogens (tertiary/aromatic N) is 5. The van der Waals surface area contributed by atoms with Crippen LogP contribution in [0.4, 0.5) is 11.5 Å². The normalized spacial score (nSPS) is 11.1. The molecule has 6 rings (SSSR count). The molecule has 0 atom stereocenters. The molecule has 6 aromatic rings. The molecule has 0 saturated carbocycles. The Balaban J connectivity index is 1.28. The van der Waals surface area contributed by atoms with Crippen LogP contribution >= 0.6 is 22.9 Å². The number of aromatic nitrogens is 5. The van der Waals surface area contributed by atoms with Gasteiger partial charge in [-0.3, -0.25) is 0 Å². The minimum absolute atomic E-state index is 0.643. The SMILES string of the molecule is Cc1sc(-c2ccccc2)nc1-c1ccc(Nc2ncnc3c2cnn3-c2cccc(Cl)c2)cc1. The Bertz CT molecular complexity index is 1640. The lowest BCUT2D eigenvalue weighted by Crippen LogP contribution is -1.99. The first kappa shape index (κ1) is 21.5. The lowest BCUT2D eigenvalue weighted by Gasteiger charge is -2.08. The number of hydrogen-bond donors (Lipinski definition) is 1. The molecule has 3 aromatic carbocycles. The highest BCUT2D eigenvalue weighted by atomic mass is 35.5. The van der Waals surface area contributed by atoms with E-state index in [4.69, 9.17) is 16.6 Å². The summed E-state index contributed by atoms with van der Waals surface area (Å²) in [7, 11) is 0. The Kier molecular flexibility index (Phi) is 5.48. The summed E-state index contributed by atoms with van der Waals surface area (Å²) in [5.41, 5.74) is 5.68. The van der Waals surface area contributed by atoms with Crippen LogP contribution in [0.3, 0.4) is 0 Å². The van der Waals surface area contributed by atoms with Crippen molar-refractivity contribution in [3.63, 3.8) is 0 Å². The zero-order valence-corrected chi connectivity index (χ0v) is 20.3. The first-order valence-electron chi connectivity index (χ1n) is 11.0. The molecule has 0 radical (unpaired) electrons. The highest BCUT2D eigenvalue weighted by Gasteiger charge is 2.13. The lowest BCUT2D eigenvalue weighted by molar-refractivity contribution is 0.895. The van der Waals surface area contributed by atoms with Gasteiger partial charge < -0.3 is 5.32 Å². The number of thiazole rings is 1. The van der Waals surface area contributed by atoms with Gasteiger partial charge in [-0.1, -0.05) is 60.1 Å². The summed E-state index contributed by atoms with van der Waals surface area (Å²) in [6.45, 7) is 2.11. The van der Waals surface area contributed by atoms with Gasteiger partial charge in [0.1, 0.15) is 17.2 Å². The number of nitrogens with one attached hydrogen (secondary N) is 1. The maximum atomic E-state index is 6.16. The first-order chi connectivity index (χ1) is 17.2. The summed E-state index contributed by atoms with van der Waals surface area (Å²) >= 11 is 7.87. The van der Waals surface area contributed by atoms with E-state index >= 15 is 0 Å². The van der Waals surface area contributed by atoms with Gasteiger partial charge in [-0.25, -0.2) is 19.6 Å². The second-order valence-electron chi connectivity index (χ2n) is 7.99. The quantitative estimate of drug-likeness (QED) is 0.272. The van der Waals surface area contributed by atoms with Gasteiger partial charge in [0, 0.05) is 26.7 Å². The summed E-state index contributed by atoms with van der Waals surface area (Å²) in [5, 5.41) is 10.4. The second kappa shape index (κ2) is 8.94. The van der Waals surface area contributed by atoms with E-state index in [0.717, 1.165) is 38.6 Å². The molecule has 3 heterocycles. The zero-order chi connectivity index (χ0) is 23.8. The van der Waals surface area contributed by atoms with Crippen molar-refractivity contribution >= 4 is 45.5 Å². The van der Waals surface area contributed by atoms with Gasteiger partial charge in [0.25, 0.3) is 0 Å². The number of aryl methyl sites for hydroxylation is 1. The smallest absolute Gasteiger partial charge is 0.168 e. The van der Waals surface area contributed by atoms with Crippen LogP contribution in [-0.4, -0.2) is 24.7 Å². The molecular weight excluding hydrogens is 476 g/mol. The molecule has 0 saturated heterocycles. The Hall–Kier alpha value is -4.07. The van der Waals surface area contributed by atoms with Gasteiger partial charge in [0.2, 0.25) is 0 Å². The van der Waals surface area contributed by atoms with Crippen molar-refractivity contribution in [2.45, 2.75) is 6.92 Å². The Morgan fingerprint density at radius 1 is 0.886 bits per heavy atom. The summed E-state index contributed by atoms with van der Waals surface area (Å²) in [4.78, 5) is 15.0. The third-order valence-electron chi connectivity index (χ3n) is 5.66. The van der Waals surface area contributed by atoms with E-state index in [-0.39, 0.29) is 0 Å². The van der Waals surface area contributed by atoms with Crippen LogP contribution in [0.1, 0.15) is 4.88 Å². The molecule has 0 aliphatic rings. The van der Waals surface area contributed by atoms with Crippen LogP contribution in [0.5, 0.6) is 0 Å². The molecule has 170 valence electrons. The number of rotatable bonds is 5. The largest absolute Gasteiger partial charge is 0.340 e. The van der Waals surface area contributed by atoms with Gasteiger partial charge in [-0.05, 0) is 37.3 Å². The number of fused-ring (bicyclic) bond motifs is 1. The first-order valence-corrected chi connectivity index (χ1v) is 12.2. The van der Waals surface area contributed by atoms with E-state index in [2.05, 4.69) is 51.6 Å². The van der Waals surface area contributed by atoms with Crippen molar-refractivity contribution in [1.82, 2.24) is 24.7 Å². The fourth-order valence-corrected chi connectivity index (χ4v) is 5.08. The molecule has 0 bridgehead atoms. The van der Waals surface area contributed by atoms with Crippen LogP contribution < -0.4 is 5.32 Å². The predicted octanol–water partition coefficient (Wildman–Crippen LogP) is 7.31. The number of halogens is 1. The van der Waals surface area contributed by atoms with Crippen LogP contribution in [0.15, 0.2) is 91.4 Å². The Morgan fingerprint density at radius 3 is 2.51 bits per heavy atom. The van der Waals surface area contributed by atoms with Gasteiger partial charge in [-0.15, -0.1) is 11.3 Å².